The van der Waals surface area contributed by atoms with Gasteiger partial charge in [-0.2, -0.15) is 5.10 Å². The van der Waals surface area contributed by atoms with Gasteiger partial charge in [0.1, 0.15) is 5.75 Å². The number of aryl methyl sites for hydroxylation is 1. The van der Waals surface area contributed by atoms with E-state index in [0.29, 0.717) is 5.75 Å². The molecule has 0 saturated carbocycles. The highest BCUT2D eigenvalue weighted by atomic mass is 32.1. The molecule has 0 saturated heterocycles. The summed E-state index contributed by atoms with van der Waals surface area (Å²) in [6.45, 7) is 5.72. The molecule has 0 bridgehead atoms. The van der Waals surface area contributed by atoms with Crippen molar-refractivity contribution < 1.29 is 9.53 Å². The first-order valence-corrected chi connectivity index (χ1v) is 10.5. The largest absolute Gasteiger partial charge is 0.481 e. The number of thiazole rings is 1. The number of aromatic nitrogens is 2. The van der Waals surface area contributed by atoms with Crippen LogP contribution >= 0.6 is 11.3 Å². The van der Waals surface area contributed by atoms with Crippen LogP contribution in [0.5, 0.6) is 5.75 Å². The van der Waals surface area contributed by atoms with Gasteiger partial charge in [0, 0.05) is 28.5 Å². The zero-order chi connectivity index (χ0) is 21.1. The van der Waals surface area contributed by atoms with Gasteiger partial charge in [-0.05, 0) is 49.7 Å². The van der Waals surface area contributed by atoms with Gasteiger partial charge in [0.2, 0.25) is 0 Å². The van der Waals surface area contributed by atoms with Gasteiger partial charge in [-0.15, -0.1) is 11.3 Å². The molecule has 2 aromatic carbocycles. The van der Waals surface area contributed by atoms with Crippen LogP contribution in [-0.2, 0) is 4.79 Å². The van der Waals surface area contributed by atoms with Crippen LogP contribution in [-0.4, -0.2) is 27.8 Å². The Balaban J connectivity index is 1.40. The van der Waals surface area contributed by atoms with Crippen LogP contribution in [0.4, 0.5) is 0 Å². The van der Waals surface area contributed by atoms with Crippen molar-refractivity contribution in [2.45, 2.75) is 26.9 Å². The Bertz CT molecular complexity index is 1210. The molecule has 2 heterocycles. The zero-order valence-corrected chi connectivity index (χ0v) is 17.8. The second-order valence-electron chi connectivity index (χ2n) is 6.98. The standard InChI is InChI=1S/C23H22N4O2S/c1-15-12-20(16(2)27(15)23-24-10-11-30-23)14-25-26-22(28)17(3)29-21-9-8-18-6-4-5-7-19(18)13-21/h4-14,17H,1-3H3,(H,26,28)/b25-14-/t17-/m1/s1. The molecular weight excluding hydrogens is 396 g/mol. The average Bonchev–Trinajstić information content (AvgIpc) is 3.35. The van der Waals surface area contributed by atoms with E-state index in [9.17, 15) is 4.79 Å². The number of carbonyl (C=O) groups excluding carboxylic acids is 1. The van der Waals surface area contributed by atoms with Crippen molar-refractivity contribution in [3.05, 3.63) is 77.1 Å². The second kappa shape index (κ2) is 8.51. The first-order chi connectivity index (χ1) is 14.5. The molecule has 0 spiro atoms. The molecule has 0 unspecified atom stereocenters. The SMILES string of the molecule is Cc1cc(/C=N\NC(=O)[C@@H](C)Oc2ccc3ccccc3c2)c(C)n1-c1nccs1. The lowest BCUT2D eigenvalue weighted by Crippen LogP contribution is -2.33. The number of hydrogen-bond acceptors (Lipinski definition) is 5. The maximum absolute atomic E-state index is 12.4. The fourth-order valence-electron chi connectivity index (χ4n) is 3.29. The molecule has 0 aliphatic rings. The van der Waals surface area contributed by atoms with Gasteiger partial charge < -0.3 is 4.74 Å². The first kappa shape index (κ1) is 19.8. The Morgan fingerprint density at radius 1 is 1.20 bits per heavy atom. The third-order valence-corrected chi connectivity index (χ3v) is 5.62. The first-order valence-electron chi connectivity index (χ1n) is 9.60. The van der Waals surface area contributed by atoms with Crippen molar-refractivity contribution >= 4 is 34.2 Å². The van der Waals surface area contributed by atoms with Crippen molar-refractivity contribution in [3.8, 4) is 10.9 Å². The average molecular weight is 419 g/mol. The number of hydrogen-bond donors (Lipinski definition) is 1. The molecule has 0 radical (unpaired) electrons. The number of nitrogens with one attached hydrogen (secondary N) is 1. The predicted molar refractivity (Wildman–Crippen MR) is 121 cm³/mol. The number of rotatable bonds is 6. The zero-order valence-electron chi connectivity index (χ0n) is 17.0. The maximum Gasteiger partial charge on any atom is 0.280 e. The van der Waals surface area contributed by atoms with Crippen LogP contribution in [0.3, 0.4) is 0 Å². The van der Waals surface area contributed by atoms with Gasteiger partial charge in [-0.3, -0.25) is 9.36 Å². The van der Waals surface area contributed by atoms with Crippen molar-refractivity contribution in [3.63, 3.8) is 0 Å². The fourth-order valence-corrected chi connectivity index (χ4v) is 4.05. The van der Waals surface area contributed by atoms with Gasteiger partial charge >= 0.3 is 0 Å². The summed E-state index contributed by atoms with van der Waals surface area (Å²) in [7, 11) is 0. The molecule has 4 rings (SSSR count). The van der Waals surface area contributed by atoms with E-state index < -0.39 is 6.10 Å². The predicted octanol–water partition coefficient (Wildman–Crippen LogP) is 4.62. The number of fused-ring (bicyclic) bond motifs is 1. The summed E-state index contributed by atoms with van der Waals surface area (Å²) >= 11 is 1.57. The molecule has 30 heavy (non-hydrogen) atoms. The Kier molecular flexibility index (Phi) is 5.63. The molecule has 4 aromatic rings. The molecule has 0 aliphatic carbocycles. The van der Waals surface area contributed by atoms with E-state index in [1.165, 1.54) is 0 Å². The number of benzene rings is 2. The minimum absolute atomic E-state index is 0.312. The van der Waals surface area contributed by atoms with Gasteiger partial charge in [-0.25, -0.2) is 10.4 Å². The highest BCUT2D eigenvalue weighted by Crippen LogP contribution is 2.22. The third-order valence-electron chi connectivity index (χ3n) is 4.86. The highest BCUT2D eigenvalue weighted by molar-refractivity contribution is 7.12. The summed E-state index contributed by atoms with van der Waals surface area (Å²) < 4.78 is 7.85. The van der Waals surface area contributed by atoms with Crippen LogP contribution in [0, 0.1) is 13.8 Å². The van der Waals surface area contributed by atoms with E-state index in [1.807, 2.05) is 67.8 Å². The van der Waals surface area contributed by atoms with E-state index in [2.05, 4.69) is 20.1 Å². The molecular formula is C23H22N4O2S. The van der Waals surface area contributed by atoms with Gasteiger partial charge in [0.25, 0.3) is 5.91 Å². The van der Waals surface area contributed by atoms with Crippen molar-refractivity contribution in [2.24, 2.45) is 5.10 Å². The number of carbonyl (C=O) groups is 1. The number of hydrazone groups is 1. The van der Waals surface area contributed by atoms with Crippen LogP contribution in [0.2, 0.25) is 0 Å². The van der Waals surface area contributed by atoms with Gasteiger partial charge in [0.15, 0.2) is 11.2 Å². The molecule has 7 heteroatoms. The summed E-state index contributed by atoms with van der Waals surface area (Å²) in [6.07, 6.45) is 2.75. The summed E-state index contributed by atoms with van der Waals surface area (Å²) in [4.78, 5) is 16.7. The Labute approximate surface area is 178 Å². The lowest BCUT2D eigenvalue weighted by atomic mass is 10.1. The number of nitrogens with zero attached hydrogens (tertiary/aromatic N) is 3. The van der Waals surface area contributed by atoms with E-state index in [4.69, 9.17) is 4.74 Å². The van der Waals surface area contributed by atoms with Gasteiger partial charge in [-0.1, -0.05) is 30.3 Å². The van der Waals surface area contributed by atoms with Crippen LogP contribution in [0.1, 0.15) is 23.9 Å². The Morgan fingerprint density at radius 3 is 2.77 bits per heavy atom. The normalized spacial score (nSPS) is 12.4. The van der Waals surface area contributed by atoms with E-state index >= 15 is 0 Å². The summed E-state index contributed by atoms with van der Waals surface area (Å²) in [5.41, 5.74) is 5.56. The number of ether oxygens (including phenoxy) is 1. The van der Waals surface area contributed by atoms with Crippen LogP contribution in [0.25, 0.3) is 15.9 Å². The highest BCUT2D eigenvalue weighted by Gasteiger charge is 2.15. The minimum atomic E-state index is -0.675. The third kappa shape index (κ3) is 4.11. The fraction of sp³-hybridized carbons (Fsp3) is 0.174. The monoisotopic (exact) mass is 418 g/mol. The van der Waals surface area contributed by atoms with Crippen molar-refractivity contribution in [1.82, 2.24) is 15.0 Å². The molecule has 2 aromatic heterocycles. The summed E-state index contributed by atoms with van der Waals surface area (Å²) in [5.74, 6) is 0.334. The maximum atomic E-state index is 12.4. The number of amides is 1. The van der Waals surface area contributed by atoms with Crippen LogP contribution in [0.15, 0.2) is 65.2 Å². The minimum Gasteiger partial charge on any atom is -0.481 e. The van der Waals surface area contributed by atoms with E-state index in [0.717, 1.165) is 32.9 Å². The quantitative estimate of drug-likeness (QED) is 0.367. The molecule has 1 atom stereocenters. The lowest BCUT2D eigenvalue weighted by molar-refractivity contribution is -0.127. The topological polar surface area (TPSA) is 68.5 Å². The lowest BCUT2D eigenvalue weighted by Gasteiger charge is -2.13. The Hall–Kier alpha value is -3.45. The molecule has 0 aliphatic heterocycles. The molecule has 1 N–H and O–H groups in total. The van der Waals surface area contributed by atoms with E-state index in [1.54, 1.807) is 30.7 Å². The molecule has 6 nitrogen and oxygen atoms in total. The molecule has 0 fully saturated rings. The van der Waals surface area contributed by atoms with E-state index in [-0.39, 0.29) is 5.91 Å². The van der Waals surface area contributed by atoms with Gasteiger partial charge in [0.05, 0.1) is 6.21 Å². The van der Waals surface area contributed by atoms with Crippen molar-refractivity contribution in [1.29, 1.82) is 0 Å². The second-order valence-corrected chi connectivity index (χ2v) is 7.85. The summed E-state index contributed by atoms with van der Waals surface area (Å²) in [6, 6.07) is 15.8. The van der Waals surface area contributed by atoms with Crippen LogP contribution < -0.4 is 10.2 Å². The smallest absolute Gasteiger partial charge is 0.280 e. The molecule has 152 valence electrons. The van der Waals surface area contributed by atoms with Crippen molar-refractivity contribution in [2.75, 3.05) is 0 Å². The Morgan fingerprint density at radius 2 is 2.00 bits per heavy atom. The molecule has 1 amide bonds. The summed E-state index contributed by atoms with van der Waals surface area (Å²) in [5, 5.41) is 9.16.